The van der Waals surface area contributed by atoms with Gasteiger partial charge in [-0.1, -0.05) is 6.42 Å². The van der Waals surface area contributed by atoms with Crippen LogP contribution < -0.4 is 5.32 Å². The lowest BCUT2D eigenvalue weighted by Gasteiger charge is -2.23. The summed E-state index contributed by atoms with van der Waals surface area (Å²) in [7, 11) is 0. The number of imidazole rings is 1. The van der Waals surface area contributed by atoms with Crippen molar-refractivity contribution < 1.29 is 20.1 Å². The highest BCUT2D eigenvalue weighted by molar-refractivity contribution is 5.82. The molecule has 1 aliphatic heterocycles. The zero-order valence-corrected chi connectivity index (χ0v) is 14.3. The molecule has 2 aromatic rings. The first-order valence-electron chi connectivity index (χ1n) is 9.22. The number of anilines is 1. The van der Waals surface area contributed by atoms with E-state index in [0.29, 0.717) is 28.9 Å². The molecule has 0 radical (unpaired) electrons. The SMILES string of the molecule is OC[C@H]1O[C@@H](n2cnc3c(NC4CC5CCC4C5)ncnc32)C(O)C1O. The molecule has 7 atom stereocenters. The number of ether oxygens (including phenoxy) is 1. The summed E-state index contributed by atoms with van der Waals surface area (Å²) in [5.41, 5.74) is 1.15. The van der Waals surface area contributed by atoms with E-state index in [9.17, 15) is 15.3 Å². The Morgan fingerprint density at radius 3 is 2.73 bits per heavy atom. The maximum Gasteiger partial charge on any atom is 0.167 e. The Morgan fingerprint density at radius 1 is 1.15 bits per heavy atom. The summed E-state index contributed by atoms with van der Waals surface area (Å²) in [4.78, 5) is 13.1. The van der Waals surface area contributed by atoms with Crippen LogP contribution in [0.4, 0.5) is 5.82 Å². The van der Waals surface area contributed by atoms with Crippen molar-refractivity contribution in [1.29, 1.82) is 0 Å². The first-order valence-corrected chi connectivity index (χ1v) is 9.22. The van der Waals surface area contributed by atoms with Crippen molar-refractivity contribution in [2.75, 3.05) is 11.9 Å². The van der Waals surface area contributed by atoms with E-state index in [1.165, 1.54) is 38.3 Å². The second-order valence-corrected chi connectivity index (χ2v) is 7.70. The van der Waals surface area contributed by atoms with Gasteiger partial charge in [-0.15, -0.1) is 0 Å². The highest BCUT2D eigenvalue weighted by Gasteiger charge is 2.44. The third-order valence-corrected chi connectivity index (χ3v) is 6.21. The fourth-order valence-corrected chi connectivity index (χ4v) is 4.85. The quantitative estimate of drug-likeness (QED) is 0.601. The fraction of sp³-hybridized carbons (Fsp3) is 0.706. The highest BCUT2D eigenvalue weighted by Crippen LogP contribution is 2.45. The van der Waals surface area contributed by atoms with Gasteiger partial charge in [0.15, 0.2) is 23.2 Å². The Kier molecular flexibility index (Phi) is 3.85. The smallest absolute Gasteiger partial charge is 0.167 e. The third kappa shape index (κ3) is 2.42. The van der Waals surface area contributed by atoms with E-state index in [0.717, 1.165) is 5.92 Å². The molecule has 2 aliphatic carbocycles. The normalized spacial score (nSPS) is 39.1. The summed E-state index contributed by atoms with van der Waals surface area (Å²) in [6.45, 7) is -0.368. The monoisotopic (exact) mass is 361 g/mol. The van der Waals surface area contributed by atoms with E-state index in [-0.39, 0.29) is 6.61 Å². The standard InChI is InChI=1S/C17H23N5O4/c23-5-11-13(24)14(25)17(26-11)22-7-20-12-15(18-6-19-16(12)22)21-10-4-8-1-2-9(10)3-8/h6-11,13-14,17,23-25H,1-5H2,(H,18,19,21)/t8?,9?,10?,11-,13?,14?,17-/m1/s1. The van der Waals surface area contributed by atoms with Crippen molar-refractivity contribution in [3.63, 3.8) is 0 Å². The van der Waals surface area contributed by atoms with Gasteiger partial charge < -0.3 is 25.4 Å². The first-order chi connectivity index (χ1) is 12.7. The number of aromatic nitrogens is 4. The Balaban J connectivity index is 1.44. The van der Waals surface area contributed by atoms with Crippen LogP contribution in [0.15, 0.2) is 12.7 Å². The summed E-state index contributed by atoms with van der Waals surface area (Å²) in [5, 5.41) is 33.1. The molecule has 5 rings (SSSR count). The van der Waals surface area contributed by atoms with Crippen molar-refractivity contribution >= 4 is 17.0 Å². The molecule has 3 fully saturated rings. The molecule has 5 unspecified atom stereocenters. The van der Waals surface area contributed by atoms with Gasteiger partial charge in [-0.05, 0) is 31.1 Å². The molecule has 2 saturated carbocycles. The van der Waals surface area contributed by atoms with Crippen LogP contribution in [-0.4, -0.2) is 65.8 Å². The van der Waals surface area contributed by atoms with Gasteiger partial charge in [-0.25, -0.2) is 15.0 Å². The van der Waals surface area contributed by atoms with Gasteiger partial charge in [-0.2, -0.15) is 0 Å². The number of aliphatic hydroxyl groups excluding tert-OH is 3. The lowest BCUT2D eigenvalue weighted by molar-refractivity contribution is -0.0511. The summed E-state index contributed by atoms with van der Waals surface area (Å²) in [5.74, 6) is 2.22. The van der Waals surface area contributed by atoms with E-state index in [2.05, 4.69) is 20.3 Å². The second-order valence-electron chi connectivity index (χ2n) is 7.70. The maximum absolute atomic E-state index is 10.3. The number of rotatable bonds is 4. The topological polar surface area (TPSA) is 126 Å². The van der Waals surface area contributed by atoms with Crippen LogP contribution >= 0.6 is 0 Å². The molecule has 1 saturated heterocycles. The molecule has 26 heavy (non-hydrogen) atoms. The first kappa shape index (κ1) is 16.4. The summed E-state index contributed by atoms with van der Waals surface area (Å²) < 4.78 is 7.18. The van der Waals surface area contributed by atoms with Gasteiger partial charge in [0, 0.05) is 6.04 Å². The molecule has 140 valence electrons. The van der Waals surface area contributed by atoms with Gasteiger partial charge in [-0.3, -0.25) is 4.57 Å². The summed E-state index contributed by atoms with van der Waals surface area (Å²) >= 11 is 0. The maximum atomic E-state index is 10.3. The largest absolute Gasteiger partial charge is 0.394 e. The lowest BCUT2D eigenvalue weighted by Crippen LogP contribution is -2.33. The van der Waals surface area contributed by atoms with E-state index in [4.69, 9.17) is 4.74 Å². The van der Waals surface area contributed by atoms with Crippen LogP contribution in [0.2, 0.25) is 0 Å². The number of fused-ring (bicyclic) bond motifs is 3. The average molecular weight is 361 g/mol. The molecule has 2 aromatic heterocycles. The molecule has 0 aromatic carbocycles. The Labute approximate surface area is 150 Å². The lowest BCUT2D eigenvalue weighted by atomic mass is 9.95. The highest BCUT2D eigenvalue weighted by atomic mass is 16.6. The molecule has 2 bridgehead atoms. The third-order valence-electron chi connectivity index (χ3n) is 6.21. The predicted octanol–water partition coefficient (Wildman–Crippen LogP) is 0.0383. The zero-order valence-electron chi connectivity index (χ0n) is 14.3. The van der Waals surface area contributed by atoms with Crippen LogP contribution in [0.3, 0.4) is 0 Å². The minimum atomic E-state index is -1.17. The number of hydrogen-bond acceptors (Lipinski definition) is 8. The molecular formula is C17H23N5O4. The number of aliphatic hydroxyl groups is 3. The Morgan fingerprint density at radius 2 is 2.04 bits per heavy atom. The predicted molar refractivity (Wildman–Crippen MR) is 91.2 cm³/mol. The molecule has 3 heterocycles. The van der Waals surface area contributed by atoms with Crippen LogP contribution in [-0.2, 0) is 4.74 Å². The van der Waals surface area contributed by atoms with Crippen LogP contribution in [0.1, 0.15) is 31.9 Å². The Bertz CT molecular complexity index is 814. The van der Waals surface area contributed by atoms with Gasteiger partial charge in [0.25, 0.3) is 0 Å². The van der Waals surface area contributed by atoms with Crippen molar-refractivity contribution in [3.8, 4) is 0 Å². The fourth-order valence-electron chi connectivity index (χ4n) is 4.85. The van der Waals surface area contributed by atoms with Gasteiger partial charge >= 0.3 is 0 Å². The molecule has 9 nitrogen and oxygen atoms in total. The van der Waals surface area contributed by atoms with E-state index in [1.54, 1.807) is 4.57 Å². The second kappa shape index (κ2) is 6.12. The van der Waals surface area contributed by atoms with Crippen molar-refractivity contribution in [2.45, 2.75) is 56.3 Å². The number of hydrogen-bond donors (Lipinski definition) is 4. The summed E-state index contributed by atoms with van der Waals surface area (Å²) in [6, 6.07) is 0.422. The van der Waals surface area contributed by atoms with Crippen molar-refractivity contribution in [1.82, 2.24) is 19.5 Å². The molecule has 0 spiro atoms. The number of nitrogens with zero attached hydrogens (tertiary/aromatic N) is 4. The van der Waals surface area contributed by atoms with Crippen molar-refractivity contribution in [3.05, 3.63) is 12.7 Å². The van der Waals surface area contributed by atoms with E-state index >= 15 is 0 Å². The minimum absolute atomic E-state index is 0.368. The summed E-state index contributed by atoms with van der Waals surface area (Å²) in [6.07, 6.45) is 4.07. The van der Waals surface area contributed by atoms with Crippen molar-refractivity contribution in [2.24, 2.45) is 11.8 Å². The average Bonchev–Trinajstić information content (AvgIpc) is 3.41. The van der Waals surface area contributed by atoms with E-state index < -0.39 is 24.5 Å². The van der Waals surface area contributed by atoms with Crippen LogP contribution in [0, 0.1) is 11.8 Å². The molecule has 0 amide bonds. The number of nitrogens with one attached hydrogen (secondary N) is 1. The van der Waals surface area contributed by atoms with Gasteiger partial charge in [0.05, 0.1) is 12.9 Å². The minimum Gasteiger partial charge on any atom is -0.394 e. The van der Waals surface area contributed by atoms with Gasteiger partial charge in [0.1, 0.15) is 24.6 Å². The molecular weight excluding hydrogens is 338 g/mol. The van der Waals surface area contributed by atoms with Gasteiger partial charge in [0.2, 0.25) is 0 Å². The van der Waals surface area contributed by atoms with Crippen LogP contribution in [0.5, 0.6) is 0 Å². The molecule has 9 heteroatoms. The molecule has 4 N–H and O–H groups in total. The van der Waals surface area contributed by atoms with E-state index in [1.807, 2.05) is 0 Å². The zero-order chi connectivity index (χ0) is 17.8. The molecule has 3 aliphatic rings. The van der Waals surface area contributed by atoms with Crippen LogP contribution in [0.25, 0.3) is 11.2 Å². The Hall–Kier alpha value is -1.81.